The van der Waals surface area contributed by atoms with E-state index >= 15 is 0 Å². The Morgan fingerprint density at radius 3 is 2.71 bits per heavy atom. The number of nitrogens with two attached hydrogens (primary N) is 1. The van der Waals surface area contributed by atoms with Gasteiger partial charge in [-0.2, -0.15) is 0 Å². The number of aryl methyl sites for hydroxylation is 1. The maximum absolute atomic E-state index is 12.1. The predicted molar refractivity (Wildman–Crippen MR) is 81.5 cm³/mol. The van der Waals surface area contributed by atoms with Crippen LogP contribution >= 0.6 is 11.3 Å². The Balaban J connectivity index is 2.22. The van der Waals surface area contributed by atoms with Crippen molar-refractivity contribution < 1.29 is 14.4 Å². The Morgan fingerprint density at radius 2 is 2.05 bits per heavy atom. The molecule has 21 heavy (non-hydrogen) atoms. The van der Waals surface area contributed by atoms with Crippen molar-refractivity contribution in [1.29, 1.82) is 0 Å². The second-order valence-corrected chi connectivity index (χ2v) is 6.14. The van der Waals surface area contributed by atoms with Gasteiger partial charge in [0.25, 0.3) is 5.91 Å². The van der Waals surface area contributed by atoms with Gasteiger partial charge < -0.3 is 11.1 Å². The van der Waals surface area contributed by atoms with Crippen LogP contribution in [0.1, 0.15) is 53.4 Å². The van der Waals surface area contributed by atoms with Crippen LogP contribution in [0.5, 0.6) is 0 Å². The van der Waals surface area contributed by atoms with Crippen molar-refractivity contribution in [2.24, 2.45) is 5.73 Å². The van der Waals surface area contributed by atoms with Gasteiger partial charge in [0.15, 0.2) is 0 Å². The van der Waals surface area contributed by atoms with E-state index in [0.29, 0.717) is 17.0 Å². The number of fused-ring (bicyclic) bond motifs is 1. The number of thiophene rings is 1. The Labute approximate surface area is 127 Å². The molecule has 6 nitrogen and oxygen atoms in total. The first-order valence-corrected chi connectivity index (χ1v) is 7.89. The lowest BCUT2D eigenvalue weighted by molar-refractivity contribution is -0.116. The molecule has 2 rings (SSSR count). The van der Waals surface area contributed by atoms with E-state index in [4.69, 9.17) is 5.73 Å². The van der Waals surface area contributed by atoms with Crippen LogP contribution in [0.4, 0.5) is 9.80 Å². The van der Waals surface area contributed by atoms with Gasteiger partial charge in [-0.25, -0.2) is 4.79 Å². The summed E-state index contributed by atoms with van der Waals surface area (Å²) < 4.78 is 0. The summed E-state index contributed by atoms with van der Waals surface area (Å²) >= 11 is 1.42. The van der Waals surface area contributed by atoms with Crippen LogP contribution in [-0.4, -0.2) is 17.8 Å². The van der Waals surface area contributed by atoms with E-state index in [1.807, 2.05) is 6.92 Å². The molecule has 1 aromatic rings. The van der Waals surface area contributed by atoms with Crippen LogP contribution in [0.15, 0.2) is 0 Å². The molecule has 0 aliphatic heterocycles. The lowest BCUT2D eigenvalue weighted by Gasteiger charge is -2.07. The Morgan fingerprint density at radius 1 is 1.29 bits per heavy atom. The largest absolute Gasteiger partial charge is 0.351 e. The molecule has 4 N–H and O–H groups in total. The summed E-state index contributed by atoms with van der Waals surface area (Å²) in [5, 5.41) is 5.41. The summed E-state index contributed by atoms with van der Waals surface area (Å²) in [6.07, 6.45) is 4.85. The fraction of sp³-hybridized carbons (Fsp3) is 0.500. The van der Waals surface area contributed by atoms with Gasteiger partial charge in [0.05, 0.1) is 5.56 Å². The quantitative estimate of drug-likeness (QED) is 0.777. The van der Waals surface area contributed by atoms with E-state index in [2.05, 4.69) is 10.6 Å². The Bertz CT molecular complexity index is 580. The normalized spacial score (nSPS) is 12.8. The Kier molecular flexibility index (Phi) is 4.95. The van der Waals surface area contributed by atoms with Gasteiger partial charge in [-0.15, -0.1) is 11.3 Å². The first-order valence-electron chi connectivity index (χ1n) is 7.08. The molecule has 0 fully saturated rings. The topological polar surface area (TPSA) is 101 Å². The molecule has 1 aliphatic carbocycles. The average Bonchev–Trinajstić information content (AvgIpc) is 2.95. The third kappa shape index (κ3) is 3.60. The zero-order valence-corrected chi connectivity index (χ0v) is 12.8. The summed E-state index contributed by atoms with van der Waals surface area (Å²) in [7, 11) is 0. The summed E-state index contributed by atoms with van der Waals surface area (Å²) in [4.78, 5) is 36.0. The highest BCUT2D eigenvalue weighted by molar-refractivity contribution is 7.17. The van der Waals surface area contributed by atoms with Gasteiger partial charge in [-0.3, -0.25) is 14.9 Å². The van der Waals surface area contributed by atoms with E-state index < -0.39 is 11.9 Å². The van der Waals surface area contributed by atoms with Gasteiger partial charge in [-0.05, 0) is 31.2 Å². The summed E-state index contributed by atoms with van der Waals surface area (Å²) in [5.41, 5.74) is 6.34. The van der Waals surface area contributed by atoms with Crippen molar-refractivity contribution >= 4 is 34.2 Å². The second kappa shape index (κ2) is 6.71. The fourth-order valence-electron chi connectivity index (χ4n) is 2.43. The summed E-state index contributed by atoms with van der Waals surface area (Å²) in [6, 6.07) is -0.888. The molecule has 0 radical (unpaired) electrons. The number of carbonyl (C=O) groups is 3. The molecule has 7 heteroatoms. The highest BCUT2D eigenvalue weighted by Gasteiger charge is 2.27. The summed E-state index contributed by atoms with van der Waals surface area (Å²) in [6.45, 7) is 2.01. The van der Waals surface area contributed by atoms with Gasteiger partial charge in [0, 0.05) is 11.3 Å². The molecule has 1 aromatic heterocycles. The van der Waals surface area contributed by atoms with E-state index in [9.17, 15) is 14.4 Å². The van der Waals surface area contributed by atoms with Gasteiger partial charge in [0.2, 0.25) is 5.91 Å². The van der Waals surface area contributed by atoms with E-state index in [1.54, 1.807) is 0 Å². The number of primary amides is 1. The maximum atomic E-state index is 12.1. The number of carbonyl (C=O) groups excluding carboxylic acids is 3. The lowest BCUT2D eigenvalue weighted by atomic mass is 10.1. The predicted octanol–water partition coefficient (Wildman–Crippen LogP) is 2.17. The van der Waals surface area contributed by atoms with Crippen molar-refractivity contribution in [3.8, 4) is 0 Å². The number of anilines is 1. The van der Waals surface area contributed by atoms with E-state index in [0.717, 1.165) is 42.5 Å². The molecule has 0 atom stereocenters. The number of urea groups is 1. The lowest BCUT2D eigenvalue weighted by Crippen LogP contribution is -2.35. The van der Waals surface area contributed by atoms with Gasteiger partial charge in [0.1, 0.15) is 5.00 Å². The zero-order chi connectivity index (χ0) is 15.4. The van der Waals surface area contributed by atoms with Crippen molar-refractivity contribution in [2.45, 2.75) is 45.4 Å². The minimum atomic E-state index is -0.888. The molecule has 114 valence electrons. The van der Waals surface area contributed by atoms with Crippen LogP contribution in [0.25, 0.3) is 0 Å². The molecule has 0 saturated carbocycles. The second-order valence-electron chi connectivity index (χ2n) is 5.03. The van der Waals surface area contributed by atoms with Crippen molar-refractivity contribution in [3.05, 3.63) is 16.0 Å². The number of rotatable bonds is 5. The first-order chi connectivity index (χ1) is 10.0. The smallest absolute Gasteiger partial charge is 0.319 e. The molecule has 0 bridgehead atoms. The fourth-order valence-corrected chi connectivity index (χ4v) is 3.74. The van der Waals surface area contributed by atoms with E-state index in [-0.39, 0.29) is 5.91 Å². The van der Waals surface area contributed by atoms with Crippen LogP contribution < -0.4 is 16.4 Å². The van der Waals surface area contributed by atoms with Crippen LogP contribution in [0, 0.1) is 0 Å². The number of imide groups is 1. The van der Waals surface area contributed by atoms with Crippen LogP contribution in [0.2, 0.25) is 0 Å². The number of hydrogen-bond acceptors (Lipinski definition) is 4. The first kappa shape index (κ1) is 15.5. The van der Waals surface area contributed by atoms with Crippen molar-refractivity contribution in [3.63, 3.8) is 0 Å². The highest BCUT2D eigenvalue weighted by Crippen LogP contribution is 2.39. The number of hydrogen-bond donors (Lipinski definition) is 3. The molecule has 1 aliphatic rings. The SMILES string of the molecule is CCCCC(=O)Nc1sc2c(c1C(=O)NC(N)=O)CCC2. The third-order valence-electron chi connectivity index (χ3n) is 3.40. The van der Waals surface area contributed by atoms with Gasteiger partial charge in [-0.1, -0.05) is 13.3 Å². The van der Waals surface area contributed by atoms with E-state index in [1.165, 1.54) is 11.3 Å². The molecule has 0 spiro atoms. The molecular formula is C14H19N3O3S. The van der Waals surface area contributed by atoms with Gasteiger partial charge >= 0.3 is 6.03 Å². The maximum Gasteiger partial charge on any atom is 0.319 e. The minimum Gasteiger partial charge on any atom is -0.351 e. The van der Waals surface area contributed by atoms with Crippen LogP contribution in [0.3, 0.4) is 0 Å². The number of unbranched alkanes of at least 4 members (excludes halogenated alkanes) is 1. The molecule has 0 saturated heterocycles. The monoisotopic (exact) mass is 309 g/mol. The molecular weight excluding hydrogens is 290 g/mol. The Hall–Kier alpha value is -1.89. The zero-order valence-electron chi connectivity index (χ0n) is 12.0. The average molecular weight is 309 g/mol. The third-order valence-corrected chi connectivity index (χ3v) is 4.60. The number of nitrogens with one attached hydrogen (secondary N) is 2. The molecule has 1 heterocycles. The van der Waals surface area contributed by atoms with Crippen LogP contribution in [-0.2, 0) is 17.6 Å². The van der Waals surface area contributed by atoms with Crippen molar-refractivity contribution in [2.75, 3.05) is 5.32 Å². The standard InChI is InChI=1S/C14H19N3O3S/c1-2-3-7-10(18)16-13-11(12(19)17-14(15)20)8-5-4-6-9(8)21-13/h2-7H2,1H3,(H,16,18)(H3,15,17,19,20). The molecule has 0 unspecified atom stereocenters. The van der Waals surface area contributed by atoms with Crippen molar-refractivity contribution in [1.82, 2.24) is 5.32 Å². The summed E-state index contributed by atoms with van der Waals surface area (Å²) in [5.74, 6) is -0.641. The minimum absolute atomic E-state index is 0.107. The molecule has 0 aromatic carbocycles. The highest BCUT2D eigenvalue weighted by atomic mass is 32.1. The number of amides is 4. The molecule has 4 amide bonds.